The third-order valence-electron chi connectivity index (χ3n) is 13.1. The number of nitrogens with zero attached hydrogens (tertiary/aromatic N) is 2. The van der Waals surface area contributed by atoms with E-state index < -0.39 is 60.0 Å². The van der Waals surface area contributed by atoms with Gasteiger partial charge >= 0.3 is 30.1 Å². The number of rotatable bonds is 29. The number of carboxylic acid groups (broad SMARTS) is 4. The Balaban J connectivity index is 0.000000220. The Morgan fingerprint density at radius 3 is 1.42 bits per heavy atom. The number of aliphatic carboxylic acids is 4. The fourth-order valence-electron chi connectivity index (χ4n) is 8.33. The van der Waals surface area contributed by atoms with E-state index in [0.717, 1.165) is 62.7 Å². The van der Waals surface area contributed by atoms with Crippen molar-refractivity contribution in [3.8, 4) is 51.1 Å². The van der Waals surface area contributed by atoms with Crippen LogP contribution in [0.5, 0.6) is 28.7 Å². The normalized spacial score (nSPS) is 12.0. The van der Waals surface area contributed by atoms with E-state index in [0.29, 0.717) is 74.6 Å². The first kappa shape index (κ1) is 70.7. The molecule has 2 heterocycles. The first-order valence-corrected chi connectivity index (χ1v) is 29.5. The van der Waals surface area contributed by atoms with Crippen LogP contribution >= 0.6 is 11.3 Å². The molecular weight excluding hydrogens is 1180 g/mol. The van der Waals surface area contributed by atoms with Gasteiger partial charge in [-0.1, -0.05) is 90.5 Å². The Morgan fingerprint density at radius 1 is 0.511 bits per heavy atom. The predicted molar refractivity (Wildman–Crippen MR) is 344 cm³/mol. The predicted octanol–water partition coefficient (Wildman–Crippen LogP) is 16.8. The fourth-order valence-corrected chi connectivity index (χ4v) is 8.95. The summed E-state index contributed by atoms with van der Waals surface area (Å²) >= 11 is 1.60. The summed E-state index contributed by atoms with van der Waals surface area (Å²) in [5, 5.41) is 40.6. The van der Waals surface area contributed by atoms with Gasteiger partial charge in [0.25, 0.3) is 0 Å². The van der Waals surface area contributed by atoms with Gasteiger partial charge in [0.05, 0.1) is 27.5 Å². The number of carbonyl (C=O) groups is 4. The Morgan fingerprint density at radius 2 is 0.967 bits per heavy atom. The molecule has 6 aromatic carbocycles. The summed E-state index contributed by atoms with van der Waals surface area (Å²) in [5.74, 6) is -1.83. The molecule has 8 aromatic rings. The van der Waals surface area contributed by atoms with Gasteiger partial charge in [0, 0.05) is 22.4 Å². The molecule has 472 valence electrons. The van der Waals surface area contributed by atoms with E-state index in [4.69, 9.17) is 33.9 Å². The average Bonchev–Trinajstić information content (AvgIpc) is 1.67. The van der Waals surface area contributed by atoms with Crippen molar-refractivity contribution in [2.45, 2.75) is 109 Å². The summed E-state index contributed by atoms with van der Waals surface area (Å²) < 4.78 is 64.6. The lowest BCUT2D eigenvalue weighted by Gasteiger charge is -2.15. The van der Waals surface area contributed by atoms with Crippen molar-refractivity contribution in [2.24, 2.45) is 0 Å². The number of alkyl halides is 3. The first-order valence-electron chi connectivity index (χ1n) is 28.6. The number of carboxylic acids is 4. The standard InChI is InChI=1S/C22H21NO4.C20H22O3.C16H17NO3S.C13H13F3O3/c1-2-3-11-21(22(24)25)27-19-9-6-8-18(14-19)26-15-17-13-12-16-7-4-5-10-20(16)23-17;1-4-5-6-19(20(21)22)23-17-11-9-16(10-12-17)18-13-14(2)7-8-15(18)3;1-3-4-5-15(16(18)19)20-13-8-6-12(7-9-13)14-10-21-11(2)17-14;1-2-3-4-11(12(17)18)19-10-7-5-9(6-8-10)13(14,15)16/h2,4-10,12-14,21H,1,3,11,15H2,(H,24,25);4,7-13,19H,1,5-6H2,2-3H3,(H,21,22);3,6-10,15H,1,4-5H2,2H3,(H,18,19);2,5-8,11H,1,3-4H2,(H,17,18). The molecule has 4 unspecified atom stereocenters. The van der Waals surface area contributed by atoms with E-state index in [-0.39, 0.29) is 12.2 Å². The summed E-state index contributed by atoms with van der Waals surface area (Å²) in [6.07, 6.45) is 2.09. The third kappa shape index (κ3) is 23.9. The first-order chi connectivity index (χ1) is 43.1. The monoisotopic (exact) mass is 1250 g/mol. The second kappa shape index (κ2) is 36.3. The minimum absolute atomic E-state index is 0.0875. The molecule has 0 aliphatic carbocycles. The van der Waals surface area contributed by atoms with Gasteiger partial charge in [0.1, 0.15) is 35.4 Å². The van der Waals surface area contributed by atoms with Gasteiger partial charge in [-0.2, -0.15) is 13.2 Å². The van der Waals surface area contributed by atoms with Gasteiger partial charge in [0.15, 0.2) is 24.4 Å². The number of fused-ring (bicyclic) bond motifs is 1. The lowest BCUT2D eigenvalue weighted by Crippen LogP contribution is -2.26. The number of para-hydroxylation sites is 1. The van der Waals surface area contributed by atoms with Gasteiger partial charge in [-0.25, -0.2) is 29.1 Å². The number of halogens is 3. The Hall–Kier alpha value is -10.0. The molecule has 19 heteroatoms. The number of ether oxygens (including phenoxy) is 5. The maximum Gasteiger partial charge on any atom is 0.416 e. The van der Waals surface area contributed by atoms with Crippen LogP contribution in [0.25, 0.3) is 33.3 Å². The maximum absolute atomic E-state index is 12.3. The lowest BCUT2D eigenvalue weighted by molar-refractivity contribution is -0.146. The molecule has 0 aliphatic heterocycles. The molecule has 15 nitrogen and oxygen atoms in total. The Bertz CT molecular complexity index is 3630. The van der Waals surface area contributed by atoms with Crippen LogP contribution in [-0.4, -0.2) is 78.7 Å². The third-order valence-corrected chi connectivity index (χ3v) is 13.9. The molecule has 4 N–H and O–H groups in total. The van der Waals surface area contributed by atoms with E-state index in [9.17, 15) is 42.6 Å². The van der Waals surface area contributed by atoms with Gasteiger partial charge < -0.3 is 44.1 Å². The van der Waals surface area contributed by atoms with Crippen LogP contribution in [0.15, 0.2) is 208 Å². The number of hydrogen-bond acceptors (Lipinski definition) is 12. The van der Waals surface area contributed by atoms with E-state index in [1.807, 2.05) is 85.1 Å². The van der Waals surface area contributed by atoms with Gasteiger partial charge in [-0.15, -0.1) is 37.7 Å². The Labute approximate surface area is 525 Å². The summed E-state index contributed by atoms with van der Waals surface area (Å²) in [4.78, 5) is 53.6. The molecule has 0 bridgehead atoms. The number of pyridine rings is 1. The minimum atomic E-state index is -4.42. The second-order valence-corrected chi connectivity index (χ2v) is 21.2. The van der Waals surface area contributed by atoms with E-state index >= 15 is 0 Å². The summed E-state index contributed by atoms with van der Waals surface area (Å²) in [7, 11) is 0. The van der Waals surface area contributed by atoms with Crippen LogP contribution in [0.3, 0.4) is 0 Å². The summed E-state index contributed by atoms with van der Waals surface area (Å²) in [5.41, 5.74) is 7.53. The maximum atomic E-state index is 12.3. The molecule has 0 aliphatic rings. The number of thiazole rings is 1. The second-order valence-electron chi connectivity index (χ2n) is 20.1. The number of aromatic nitrogens is 2. The quantitative estimate of drug-likeness (QED) is 0.0320. The molecule has 0 saturated heterocycles. The molecule has 90 heavy (non-hydrogen) atoms. The van der Waals surface area contributed by atoms with E-state index in [1.165, 1.54) is 16.7 Å². The van der Waals surface area contributed by atoms with Crippen molar-refractivity contribution in [1.82, 2.24) is 9.97 Å². The molecule has 0 fully saturated rings. The van der Waals surface area contributed by atoms with Crippen molar-refractivity contribution in [2.75, 3.05) is 0 Å². The van der Waals surface area contributed by atoms with Crippen LogP contribution in [0.4, 0.5) is 13.2 Å². The molecule has 0 spiro atoms. The molecule has 0 saturated carbocycles. The number of hydrogen-bond donors (Lipinski definition) is 4. The SMILES string of the molecule is C=CCCC(Oc1ccc(-c2cc(C)ccc2C)cc1)C(=O)O.C=CCCC(Oc1ccc(-c2csc(C)n2)cc1)C(=O)O.C=CCCC(Oc1ccc(C(F)(F)F)cc1)C(=O)O.C=CCCC(Oc1cccc(OCc2ccc3ccccc3n2)c1)C(=O)O. The lowest BCUT2D eigenvalue weighted by atomic mass is 9.98. The van der Waals surface area contributed by atoms with Crippen LogP contribution < -0.4 is 23.7 Å². The zero-order valence-corrected chi connectivity index (χ0v) is 51.0. The molecular formula is C71H73F3N2O13S. The largest absolute Gasteiger partial charge is 0.487 e. The highest BCUT2D eigenvalue weighted by Gasteiger charge is 2.30. The molecule has 8 rings (SSSR count). The van der Waals surface area contributed by atoms with Gasteiger partial charge in [-0.05, 0) is 174 Å². The van der Waals surface area contributed by atoms with Crippen LogP contribution in [-0.2, 0) is 32.0 Å². The highest BCUT2D eigenvalue weighted by atomic mass is 32.1. The smallest absolute Gasteiger partial charge is 0.416 e. The molecule has 0 amide bonds. The zero-order valence-electron chi connectivity index (χ0n) is 50.2. The summed E-state index contributed by atoms with van der Waals surface area (Å²) in [6, 6.07) is 43.9. The fraction of sp³-hybridized carbons (Fsp3) is 0.239. The number of benzene rings is 6. The van der Waals surface area contributed by atoms with Crippen LogP contribution in [0.2, 0.25) is 0 Å². The van der Waals surface area contributed by atoms with E-state index in [2.05, 4.69) is 68.3 Å². The number of allylic oxidation sites excluding steroid dienone is 4. The Kier molecular flexibility index (Phi) is 28.6. The van der Waals surface area contributed by atoms with E-state index in [1.54, 1.807) is 72.0 Å². The summed E-state index contributed by atoms with van der Waals surface area (Å²) in [6.45, 7) is 20.7. The van der Waals surface area contributed by atoms with Crippen molar-refractivity contribution in [3.05, 3.63) is 235 Å². The highest BCUT2D eigenvalue weighted by molar-refractivity contribution is 7.09. The average molecular weight is 1250 g/mol. The van der Waals surface area contributed by atoms with Crippen molar-refractivity contribution in [3.63, 3.8) is 0 Å². The molecule has 0 radical (unpaired) electrons. The van der Waals surface area contributed by atoms with Crippen molar-refractivity contribution < 1.29 is 76.5 Å². The zero-order chi connectivity index (χ0) is 65.6. The highest BCUT2D eigenvalue weighted by Crippen LogP contribution is 2.32. The van der Waals surface area contributed by atoms with Gasteiger partial charge in [-0.3, -0.25) is 0 Å². The van der Waals surface area contributed by atoms with Crippen molar-refractivity contribution >= 4 is 46.1 Å². The molecule has 4 atom stereocenters. The topological polar surface area (TPSA) is 221 Å². The number of aryl methyl sites for hydroxylation is 3. The van der Waals surface area contributed by atoms with Crippen molar-refractivity contribution in [1.29, 1.82) is 0 Å². The minimum Gasteiger partial charge on any atom is -0.487 e. The van der Waals surface area contributed by atoms with Crippen LogP contribution in [0.1, 0.15) is 78.8 Å². The van der Waals surface area contributed by atoms with Crippen LogP contribution in [0, 0.1) is 20.8 Å². The van der Waals surface area contributed by atoms with Gasteiger partial charge in [0.2, 0.25) is 0 Å². The molecule has 2 aromatic heterocycles.